The van der Waals surface area contributed by atoms with Crippen LogP contribution in [0, 0.1) is 0 Å². The highest BCUT2D eigenvalue weighted by Gasteiger charge is 2.16. The summed E-state index contributed by atoms with van der Waals surface area (Å²) < 4.78 is 0. The van der Waals surface area contributed by atoms with Crippen molar-refractivity contribution in [2.75, 3.05) is 6.66 Å². The Morgan fingerprint density at radius 1 is 0.460 bits per heavy atom. The largest absolute Gasteiger partial charge is 0.0991 e. The van der Waals surface area contributed by atoms with Crippen molar-refractivity contribution in [1.29, 1.82) is 0 Å². The van der Waals surface area contributed by atoms with Crippen molar-refractivity contribution in [1.82, 2.24) is 0 Å². The predicted molar refractivity (Wildman–Crippen MR) is 231 cm³/mol. The van der Waals surface area contributed by atoms with Crippen molar-refractivity contribution in [3.8, 4) is 0 Å². The summed E-state index contributed by atoms with van der Waals surface area (Å²) >= 11 is 0. The van der Waals surface area contributed by atoms with Crippen LogP contribution in [-0.2, 0) is 0 Å². The number of rotatable bonds is 10. The summed E-state index contributed by atoms with van der Waals surface area (Å²) in [6.07, 6.45) is 7.99. The van der Waals surface area contributed by atoms with Gasteiger partial charge in [0.2, 0.25) is 0 Å². The van der Waals surface area contributed by atoms with Crippen LogP contribution in [0.25, 0.3) is 0 Å². The highest BCUT2D eigenvalue weighted by Crippen LogP contribution is 2.48. The summed E-state index contributed by atoms with van der Waals surface area (Å²) in [7, 11) is -1.10. The maximum atomic E-state index is 4.01. The van der Waals surface area contributed by atoms with E-state index in [-0.39, 0.29) is 7.92 Å². The van der Waals surface area contributed by atoms with Crippen molar-refractivity contribution in [3.63, 3.8) is 0 Å². The predicted octanol–water partition coefficient (Wildman–Crippen LogP) is 11.2. The molecule has 0 spiro atoms. The van der Waals surface area contributed by atoms with Crippen LogP contribution >= 0.6 is 23.8 Å². The van der Waals surface area contributed by atoms with Gasteiger partial charge in [0.05, 0.1) is 0 Å². The highest BCUT2D eigenvalue weighted by molar-refractivity contribution is 7.80. The Morgan fingerprint density at radius 3 is 0.900 bits per heavy atom. The van der Waals surface area contributed by atoms with Gasteiger partial charge in [-0.25, -0.2) is 0 Å². The monoisotopic (exact) mass is 704 g/mol. The molecule has 0 bridgehead atoms. The lowest BCUT2D eigenvalue weighted by atomic mass is 10.4. The third-order valence-corrected chi connectivity index (χ3v) is 14.9. The third-order valence-electron chi connectivity index (χ3n) is 7.76. The number of benzene rings is 6. The van der Waals surface area contributed by atoms with Gasteiger partial charge in [-0.3, -0.25) is 0 Å². The molecule has 0 aliphatic rings. The van der Waals surface area contributed by atoms with Gasteiger partial charge in [0.25, 0.3) is 0 Å². The molecule has 250 valence electrons. The molecule has 0 radical (unpaired) electrons. The fourth-order valence-electron chi connectivity index (χ4n) is 5.17. The van der Waals surface area contributed by atoms with Gasteiger partial charge in [-0.05, 0) is 78.8 Å². The maximum absolute atomic E-state index is 4.01. The van der Waals surface area contributed by atoms with Gasteiger partial charge in [-0.15, -0.1) is 0 Å². The molecule has 1 unspecified atom stereocenters. The quantitative estimate of drug-likeness (QED) is 0.0984. The number of hydrogen-bond acceptors (Lipinski definition) is 0. The first kappa shape index (κ1) is 38.4. The Kier molecular flexibility index (Phi) is 16.6. The molecule has 0 amide bonds. The van der Waals surface area contributed by atoms with E-state index in [0.717, 1.165) is 0 Å². The van der Waals surface area contributed by atoms with Crippen molar-refractivity contribution in [3.05, 3.63) is 230 Å². The van der Waals surface area contributed by atoms with Crippen molar-refractivity contribution < 1.29 is 0 Å². The van der Waals surface area contributed by atoms with Crippen LogP contribution in [0.1, 0.15) is 13.8 Å². The second-order valence-corrected chi connectivity index (χ2v) is 18.1. The molecule has 0 saturated carbocycles. The topological polar surface area (TPSA) is 0 Å². The van der Waals surface area contributed by atoms with Crippen LogP contribution in [0.15, 0.2) is 230 Å². The van der Waals surface area contributed by atoms with Crippen LogP contribution < -0.4 is 31.8 Å². The minimum absolute atomic E-state index is 0.206. The number of hydrogen-bond donors (Lipinski definition) is 0. The Balaban J connectivity index is 0.000000174. The lowest BCUT2D eigenvalue weighted by Gasteiger charge is -2.18. The molecule has 0 fully saturated rings. The average molecular weight is 705 g/mol. The van der Waals surface area contributed by atoms with E-state index in [4.69, 9.17) is 0 Å². The molecule has 1 atom stereocenters. The van der Waals surface area contributed by atoms with Crippen molar-refractivity contribution >= 4 is 55.6 Å². The highest BCUT2D eigenvalue weighted by atomic mass is 31.1. The zero-order chi connectivity index (χ0) is 35.4. The molecule has 0 aromatic heterocycles. The molecule has 0 N–H and O–H groups in total. The average Bonchev–Trinajstić information content (AvgIpc) is 3.18. The van der Waals surface area contributed by atoms with Gasteiger partial charge in [-0.1, -0.05) is 227 Å². The Morgan fingerprint density at radius 2 is 0.700 bits per heavy atom. The summed E-state index contributed by atoms with van der Waals surface area (Å²) in [6.45, 7) is 14.0. The molecule has 0 saturated heterocycles. The summed E-state index contributed by atoms with van der Waals surface area (Å²) in [5.74, 6) is 0. The molecular formula is C47H47P3. The normalized spacial score (nSPS) is 11.6. The fourth-order valence-corrected chi connectivity index (χ4v) is 10.9. The zero-order valence-electron chi connectivity index (χ0n) is 29.4. The standard InChI is InChI=1S/2C18H15P.C11H17P/c2*1-4-10-16(11-5-1)19(17-12-6-2-7-13-17)18-14-8-3-9-15-18;1-6-8-10(3)12(5)11(4)9-7-2/h2*1-15H;6-9H,1,4H2,2-3,5H3/b;;9-7-,10-8+. The third kappa shape index (κ3) is 11.9. The zero-order valence-corrected chi connectivity index (χ0v) is 32.1. The van der Waals surface area contributed by atoms with E-state index in [1.54, 1.807) is 0 Å². The first-order valence-corrected chi connectivity index (χ1v) is 21.3. The van der Waals surface area contributed by atoms with Crippen LogP contribution in [-0.4, -0.2) is 6.66 Å². The molecule has 0 nitrogen and oxygen atoms in total. The molecule has 6 aromatic rings. The number of allylic oxidation sites excluding steroid dienone is 6. The van der Waals surface area contributed by atoms with E-state index in [2.05, 4.69) is 221 Å². The fraction of sp³-hybridized carbons (Fsp3) is 0.0638. The summed E-state index contributed by atoms with van der Waals surface area (Å²) in [5, 5.41) is 11.0. The minimum Gasteiger partial charge on any atom is -0.0991 e. The molecule has 0 heterocycles. The van der Waals surface area contributed by atoms with Crippen LogP contribution in [0.2, 0.25) is 0 Å². The van der Waals surface area contributed by atoms with Gasteiger partial charge in [0.15, 0.2) is 0 Å². The maximum Gasteiger partial charge on any atom is -0.0134 e. The van der Waals surface area contributed by atoms with Gasteiger partial charge in [-0.2, -0.15) is 0 Å². The van der Waals surface area contributed by atoms with E-state index in [9.17, 15) is 0 Å². The minimum atomic E-state index is -0.446. The SMILES string of the molecule is C=C/C=C(\C)P(C)C(=C)/C=C\C.c1ccc(P(c2ccccc2)c2ccccc2)cc1.c1ccc(P(c2ccccc2)c2ccccc2)cc1. The van der Waals surface area contributed by atoms with Gasteiger partial charge < -0.3 is 0 Å². The lowest BCUT2D eigenvalue weighted by Crippen LogP contribution is -2.20. The van der Waals surface area contributed by atoms with E-state index >= 15 is 0 Å². The van der Waals surface area contributed by atoms with E-state index in [0.29, 0.717) is 0 Å². The van der Waals surface area contributed by atoms with E-state index in [1.165, 1.54) is 42.5 Å². The molecule has 6 rings (SSSR count). The molecule has 6 aromatic carbocycles. The Bertz CT molecular complexity index is 1580. The smallest absolute Gasteiger partial charge is 0.0134 e. The van der Waals surface area contributed by atoms with Gasteiger partial charge in [0, 0.05) is 0 Å². The Hall–Kier alpha value is -4.43. The summed E-state index contributed by atoms with van der Waals surface area (Å²) in [5.41, 5.74) is 0. The molecule has 0 aliphatic carbocycles. The molecule has 3 heteroatoms. The summed E-state index contributed by atoms with van der Waals surface area (Å²) in [4.78, 5) is 0. The van der Waals surface area contributed by atoms with Gasteiger partial charge >= 0.3 is 0 Å². The van der Waals surface area contributed by atoms with E-state index < -0.39 is 15.8 Å². The second kappa shape index (κ2) is 21.6. The first-order valence-electron chi connectivity index (χ1n) is 16.8. The van der Waals surface area contributed by atoms with Crippen molar-refractivity contribution in [2.45, 2.75) is 13.8 Å². The molecular weight excluding hydrogens is 657 g/mol. The molecule has 50 heavy (non-hydrogen) atoms. The first-order chi connectivity index (χ1) is 24.5. The van der Waals surface area contributed by atoms with Crippen LogP contribution in [0.5, 0.6) is 0 Å². The van der Waals surface area contributed by atoms with E-state index in [1.807, 2.05) is 19.1 Å². The van der Waals surface area contributed by atoms with Crippen LogP contribution in [0.4, 0.5) is 0 Å². The second-order valence-electron chi connectivity index (χ2n) is 11.3. The van der Waals surface area contributed by atoms with Crippen molar-refractivity contribution in [2.24, 2.45) is 0 Å². The lowest BCUT2D eigenvalue weighted by molar-refractivity contribution is 1.64. The Labute approximate surface area is 304 Å². The summed E-state index contributed by atoms with van der Waals surface area (Å²) in [6, 6.07) is 64.7. The van der Waals surface area contributed by atoms with Crippen LogP contribution in [0.3, 0.4) is 0 Å². The molecule has 0 aliphatic heterocycles. The van der Waals surface area contributed by atoms with Gasteiger partial charge in [0.1, 0.15) is 0 Å².